The molecule has 1 aliphatic carbocycles. The van der Waals surface area contributed by atoms with Crippen LogP contribution in [0, 0.1) is 5.92 Å². The molecule has 0 radical (unpaired) electrons. The third kappa shape index (κ3) is 3.77. The molecule has 0 saturated heterocycles. The van der Waals surface area contributed by atoms with E-state index in [-0.39, 0.29) is 11.9 Å². The number of nitrogens with two attached hydrogens (primary N) is 1. The average molecular weight is 303 g/mol. The zero-order chi connectivity index (χ0) is 14.7. The largest absolute Gasteiger partial charge is 0.349 e. The van der Waals surface area contributed by atoms with Gasteiger partial charge < -0.3 is 16.4 Å². The van der Waals surface area contributed by atoms with Gasteiger partial charge in [-0.05, 0) is 30.9 Å². The lowest BCUT2D eigenvalue weighted by Crippen LogP contribution is -2.38. The Morgan fingerprint density at radius 2 is 2.33 bits per heavy atom. The molecular formula is C14H17N5OS. The normalized spacial score (nSPS) is 15.5. The molecule has 110 valence electrons. The standard InChI is InChI=1S/C14H17N5OS/c15-10(9-4-5-9)7-17-13(20)11-8-21-14(18-11)19-12-3-1-2-6-16-12/h1-3,6,8-10H,4-5,7,15H2,(H,17,20)(H,16,18,19). The number of amides is 1. The summed E-state index contributed by atoms with van der Waals surface area (Å²) in [4.78, 5) is 20.4. The van der Waals surface area contributed by atoms with Gasteiger partial charge in [-0.1, -0.05) is 6.07 Å². The van der Waals surface area contributed by atoms with Gasteiger partial charge in [-0.2, -0.15) is 0 Å². The fourth-order valence-corrected chi connectivity index (χ4v) is 2.67. The number of hydrogen-bond acceptors (Lipinski definition) is 6. The Bertz CT molecular complexity index is 611. The number of carbonyl (C=O) groups is 1. The number of carbonyl (C=O) groups excluding carboxylic acids is 1. The average Bonchev–Trinajstić information content (AvgIpc) is 3.26. The van der Waals surface area contributed by atoms with E-state index in [9.17, 15) is 4.79 Å². The smallest absolute Gasteiger partial charge is 0.270 e. The minimum absolute atomic E-state index is 0.0544. The van der Waals surface area contributed by atoms with Crippen molar-refractivity contribution in [3.05, 3.63) is 35.5 Å². The summed E-state index contributed by atoms with van der Waals surface area (Å²) in [6.07, 6.45) is 4.04. The number of nitrogens with one attached hydrogen (secondary N) is 2. The molecule has 0 spiro atoms. The van der Waals surface area contributed by atoms with E-state index in [1.165, 1.54) is 24.2 Å². The van der Waals surface area contributed by atoms with Crippen molar-refractivity contribution in [1.82, 2.24) is 15.3 Å². The zero-order valence-electron chi connectivity index (χ0n) is 11.5. The minimum atomic E-state index is -0.184. The number of rotatable bonds is 6. The second-order valence-electron chi connectivity index (χ2n) is 5.09. The van der Waals surface area contributed by atoms with E-state index in [2.05, 4.69) is 20.6 Å². The van der Waals surface area contributed by atoms with Crippen LogP contribution in [0.2, 0.25) is 0 Å². The number of nitrogens with zero attached hydrogens (tertiary/aromatic N) is 2. The predicted octanol–water partition coefficient (Wildman–Crippen LogP) is 1.75. The van der Waals surface area contributed by atoms with Gasteiger partial charge in [0.1, 0.15) is 11.5 Å². The van der Waals surface area contributed by atoms with Gasteiger partial charge in [0.25, 0.3) is 5.91 Å². The lowest BCUT2D eigenvalue weighted by Gasteiger charge is -2.10. The maximum atomic E-state index is 12.0. The first-order valence-corrected chi connectivity index (χ1v) is 7.77. The van der Waals surface area contributed by atoms with Gasteiger partial charge in [0.15, 0.2) is 5.13 Å². The van der Waals surface area contributed by atoms with Gasteiger partial charge in [-0.3, -0.25) is 4.79 Å². The lowest BCUT2D eigenvalue weighted by molar-refractivity contribution is 0.0946. The molecule has 1 saturated carbocycles. The van der Waals surface area contributed by atoms with E-state index in [1.54, 1.807) is 11.6 Å². The van der Waals surface area contributed by atoms with E-state index in [0.717, 1.165) is 0 Å². The van der Waals surface area contributed by atoms with Crippen LogP contribution in [0.25, 0.3) is 0 Å². The van der Waals surface area contributed by atoms with Gasteiger partial charge in [0.2, 0.25) is 0 Å². The lowest BCUT2D eigenvalue weighted by atomic mass is 10.2. The van der Waals surface area contributed by atoms with Crippen molar-refractivity contribution in [3.63, 3.8) is 0 Å². The second kappa shape index (κ2) is 6.19. The molecule has 0 bridgehead atoms. The van der Waals surface area contributed by atoms with Crippen LogP contribution < -0.4 is 16.4 Å². The predicted molar refractivity (Wildman–Crippen MR) is 82.7 cm³/mol. The van der Waals surface area contributed by atoms with Crippen molar-refractivity contribution < 1.29 is 4.79 Å². The number of aromatic nitrogens is 2. The molecule has 21 heavy (non-hydrogen) atoms. The summed E-state index contributed by atoms with van der Waals surface area (Å²) in [6, 6.07) is 5.62. The summed E-state index contributed by atoms with van der Waals surface area (Å²) in [5, 5.41) is 8.27. The molecule has 1 amide bonds. The Kier molecular flexibility index (Phi) is 4.12. The van der Waals surface area contributed by atoms with E-state index in [4.69, 9.17) is 5.73 Å². The fourth-order valence-electron chi connectivity index (χ4n) is 1.97. The van der Waals surface area contributed by atoms with Crippen LogP contribution in [0.5, 0.6) is 0 Å². The van der Waals surface area contributed by atoms with Gasteiger partial charge in [0.05, 0.1) is 0 Å². The molecule has 7 heteroatoms. The van der Waals surface area contributed by atoms with E-state index < -0.39 is 0 Å². The SMILES string of the molecule is NC(CNC(=O)c1csc(Nc2ccccn2)n1)C1CC1. The number of anilines is 2. The Morgan fingerprint density at radius 1 is 1.48 bits per heavy atom. The molecule has 1 aliphatic rings. The molecule has 2 aromatic rings. The molecule has 1 fully saturated rings. The van der Waals surface area contributed by atoms with Gasteiger partial charge in [-0.25, -0.2) is 9.97 Å². The summed E-state index contributed by atoms with van der Waals surface area (Å²) < 4.78 is 0. The Morgan fingerprint density at radius 3 is 3.05 bits per heavy atom. The van der Waals surface area contributed by atoms with Crippen molar-refractivity contribution in [3.8, 4) is 0 Å². The molecule has 4 N–H and O–H groups in total. The van der Waals surface area contributed by atoms with Gasteiger partial charge >= 0.3 is 0 Å². The summed E-state index contributed by atoms with van der Waals surface area (Å²) in [5.41, 5.74) is 6.36. The van der Waals surface area contributed by atoms with Crippen LogP contribution in [0.15, 0.2) is 29.8 Å². The molecule has 2 aromatic heterocycles. The van der Waals surface area contributed by atoms with Gasteiger partial charge in [0, 0.05) is 24.2 Å². The van der Waals surface area contributed by atoms with Crippen LogP contribution in [0.3, 0.4) is 0 Å². The first kappa shape index (κ1) is 14.0. The highest BCUT2D eigenvalue weighted by molar-refractivity contribution is 7.14. The Hall–Kier alpha value is -1.99. The van der Waals surface area contributed by atoms with Crippen LogP contribution in [-0.4, -0.2) is 28.5 Å². The summed E-state index contributed by atoms with van der Waals surface area (Å²) in [6.45, 7) is 0.504. The van der Waals surface area contributed by atoms with E-state index >= 15 is 0 Å². The van der Waals surface area contributed by atoms with Crippen molar-refractivity contribution in [2.75, 3.05) is 11.9 Å². The fraction of sp³-hybridized carbons (Fsp3) is 0.357. The number of hydrogen-bond donors (Lipinski definition) is 3. The minimum Gasteiger partial charge on any atom is -0.349 e. The Balaban J connectivity index is 1.55. The van der Waals surface area contributed by atoms with E-state index in [1.807, 2.05) is 18.2 Å². The highest BCUT2D eigenvalue weighted by Crippen LogP contribution is 2.31. The van der Waals surface area contributed by atoms with Crippen molar-refractivity contribution in [2.45, 2.75) is 18.9 Å². The van der Waals surface area contributed by atoms with Crippen LogP contribution in [0.1, 0.15) is 23.3 Å². The highest BCUT2D eigenvalue weighted by Gasteiger charge is 2.28. The molecule has 2 heterocycles. The Labute approximate surface area is 126 Å². The van der Waals surface area contributed by atoms with Crippen molar-refractivity contribution in [1.29, 1.82) is 0 Å². The quantitative estimate of drug-likeness (QED) is 0.756. The molecule has 0 aromatic carbocycles. The third-order valence-corrected chi connectivity index (χ3v) is 4.12. The monoisotopic (exact) mass is 303 g/mol. The number of thiazole rings is 1. The third-order valence-electron chi connectivity index (χ3n) is 3.36. The molecule has 3 rings (SSSR count). The second-order valence-corrected chi connectivity index (χ2v) is 5.95. The number of pyridine rings is 1. The van der Waals surface area contributed by atoms with Crippen molar-refractivity contribution in [2.24, 2.45) is 11.7 Å². The molecule has 6 nitrogen and oxygen atoms in total. The molecule has 0 aliphatic heterocycles. The summed E-state index contributed by atoms with van der Waals surface area (Å²) >= 11 is 1.37. The first-order valence-electron chi connectivity index (χ1n) is 6.90. The maximum absolute atomic E-state index is 12.0. The summed E-state index contributed by atoms with van der Waals surface area (Å²) in [5.74, 6) is 1.09. The van der Waals surface area contributed by atoms with Crippen LogP contribution in [0.4, 0.5) is 10.9 Å². The van der Waals surface area contributed by atoms with Crippen LogP contribution >= 0.6 is 11.3 Å². The maximum Gasteiger partial charge on any atom is 0.270 e. The summed E-state index contributed by atoms with van der Waals surface area (Å²) in [7, 11) is 0. The topological polar surface area (TPSA) is 92.9 Å². The van der Waals surface area contributed by atoms with E-state index in [0.29, 0.717) is 29.1 Å². The first-order chi connectivity index (χ1) is 10.2. The molecule has 1 atom stereocenters. The van der Waals surface area contributed by atoms with Crippen LogP contribution in [-0.2, 0) is 0 Å². The zero-order valence-corrected chi connectivity index (χ0v) is 12.3. The van der Waals surface area contributed by atoms with Gasteiger partial charge in [-0.15, -0.1) is 11.3 Å². The molecule has 1 unspecified atom stereocenters. The molecular weight excluding hydrogens is 286 g/mol. The van der Waals surface area contributed by atoms with Crippen molar-refractivity contribution >= 4 is 28.2 Å². The highest BCUT2D eigenvalue weighted by atomic mass is 32.1.